The number of aromatic nitrogens is 1. The molecule has 1 aliphatic heterocycles. The van der Waals surface area contributed by atoms with Crippen molar-refractivity contribution in [1.29, 1.82) is 0 Å². The number of hydrogen-bond acceptors (Lipinski definition) is 4. The highest BCUT2D eigenvalue weighted by Gasteiger charge is 2.51. The first-order chi connectivity index (χ1) is 17.7. The molecule has 0 spiro atoms. The van der Waals surface area contributed by atoms with Crippen LogP contribution in [-0.2, 0) is 21.5 Å². The van der Waals surface area contributed by atoms with E-state index in [1.54, 1.807) is 4.90 Å². The second-order valence-corrected chi connectivity index (χ2v) is 11.2. The van der Waals surface area contributed by atoms with Gasteiger partial charge in [-0.3, -0.25) is 4.79 Å². The highest BCUT2D eigenvalue weighted by molar-refractivity contribution is 5.83. The zero-order valence-electron chi connectivity index (χ0n) is 21.0. The Balaban J connectivity index is 1.06. The molecule has 2 aliphatic carbocycles. The van der Waals surface area contributed by atoms with Crippen LogP contribution in [-0.4, -0.2) is 30.3 Å². The van der Waals surface area contributed by atoms with E-state index in [0.717, 1.165) is 80.7 Å². The molecule has 188 valence electrons. The Morgan fingerprint density at radius 3 is 2.44 bits per heavy atom. The lowest BCUT2D eigenvalue weighted by molar-refractivity contribution is -0.926. The fourth-order valence-corrected chi connectivity index (χ4v) is 6.89. The molecule has 0 bridgehead atoms. The van der Waals surface area contributed by atoms with Crippen molar-refractivity contribution in [2.75, 3.05) is 13.1 Å². The van der Waals surface area contributed by atoms with Gasteiger partial charge in [-0.1, -0.05) is 91.5 Å². The summed E-state index contributed by atoms with van der Waals surface area (Å²) in [4.78, 5) is 15.3. The van der Waals surface area contributed by atoms with Crippen LogP contribution < -0.4 is 4.90 Å². The van der Waals surface area contributed by atoms with Crippen molar-refractivity contribution in [3.8, 4) is 11.3 Å². The van der Waals surface area contributed by atoms with E-state index in [9.17, 15) is 4.79 Å². The second-order valence-electron chi connectivity index (χ2n) is 11.2. The Bertz CT molecular complexity index is 1150. The quantitative estimate of drug-likeness (QED) is 0.396. The van der Waals surface area contributed by atoms with Gasteiger partial charge in [0.1, 0.15) is 18.3 Å². The smallest absolute Gasteiger partial charge is 0.316 e. The van der Waals surface area contributed by atoms with Gasteiger partial charge in [-0.25, -0.2) is 0 Å². The van der Waals surface area contributed by atoms with Gasteiger partial charge in [-0.05, 0) is 24.8 Å². The Kier molecular flexibility index (Phi) is 6.66. The van der Waals surface area contributed by atoms with Gasteiger partial charge >= 0.3 is 5.97 Å². The van der Waals surface area contributed by atoms with Gasteiger partial charge in [0, 0.05) is 29.9 Å². The summed E-state index contributed by atoms with van der Waals surface area (Å²) in [5.74, 6) is 2.11. The highest BCUT2D eigenvalue weighted by Crippen LogP contribution is 2.44. The average Bonchev–Trinajstić information content (AvgIpc) is 3.23. The number of nitrogens with one attached hydrogen (secondary N) is 1. The first kappa shape index (κ1) is 23.5. The predicted molar refractivity (Wildman–Crippen MR) is 138 cm³/mol. The summed E-state index contributed by atoms with van der Waals surface area (Å²) >= 11 is 0. The summed E-state index contributed by atoms with van der Waals surface area (Å²) in [6.07, 6.45) is 8.65. The average molecular weight is 486 g/mol. The Morgan fingerprint density at radius 2 is 1.72 bits per heavy atom. The third kappa shape index (κ3) is 4.61. The molecule has 5 heteroatoms. The number of hydrogen-bond donors (Lipinski definition) is 1. The van der Waals surface area contributed by atoms with E-state index >= 15 is 0 Å². The van der Waals surface area contributed by atoms with E-state index in [-0.39, 0.29) is 12.1 Å². The van der Waals surface area contributed by atoms with Gasteiger partial charge in [-0.2, -0.15) is 0 Å². The monoisotopic (exact) mass is 485 g/mol. The summed E-state index contributed by atoms with van der Waals surface area (Å²) < 4.78 is 12.0. The van der Waals surface area contributed by atoms with E-state index in [2.05, 4.69) is 47.6 Å². The summed E-state index contributed by atoms with van der Waals surface area (Å²) in [6, 6.07) is 22.7. The van der Waals surface area contributed by atoms with E-state index in [1.807, 2.05) is 24.3 Å². The molecule has 1 aromatic heterocycles. The van der Waals surface area contributed by atoms with Crippen molar-refractivity contribution in [1.82, 2.24) is 5.16 Å². The SMILES string of the molecule is O=C(O[C@H]1CC2C[NH+](Cc3cc(-c4ccccc4)no3)CCC21)C1(c2ccccc2)CCCCCC1. The minimum atomic E-state index is -0.461. The molecule has 0 amide bonds. The van der Waals surface area contributed by atoms with Gasteiger partial charge < -0.3 is 14.2 Å². The van der Waals surface area contributed by atoms with E-state index < -0.39 is 5.41 Å². The van der Waals surface area contributed by atoms with E-state index in [0.29, 0.717) is 11.8 Å². The van der Waals surface area contributed by atoms with Crippen LogP contribution >= 0.6 is 0 Å². The fourth-order valence-electron chi connectivity index (χ4n) is 6.89. The van der Waals surface area contributed by atoms with Crippen LogP contribution in [0.1, 0.15) is 62.7 Å². The normalized spacial score (nSPS) is 27.3. The maximum absolute atomic E-state index is 13.7. The third-order valence-corrected chi connectivity index (χ3v) is 8.99. The molecule has 2 saturated carbocycles. The summed E-state index contributed by atoms with van der Waals surface area (Å²) in [7, 11) is 0. The molecule has 5 nitrogen and oxygen atoms in total. The number of carbonyl (C=O) groups is 1. The topological polar surface area (TPSA) is 56.8 Å². The van der Waals surface area contributed by atoms with Crippen molar-refractivity contribution >= 4 is 5.97 Å². The molecule has 36 heavy (non-hydrogen) atoms. The number of benzene rings is 2. The fraction of sp³-hybridized carbons (Fsp3) is 0.484. The van der Waals surface area contributed by atoms with Crippen LogP contribution in [0.15, 0.2) is 71.3 Å². The van der Waals surface area contributed by atoms with Crippen LogP contribution in [0, 0.1) is 11.8 Å². The molecule has 4 atom stereocenters. The van der Waals surface area contributed by atoms with E-state index in [4.69, 9.17) is 9.26 Å². The number of piperidine rings is 1. The molecule has 3 aromatic rings. The molecule has 2 aromatic carbocycles. The number of ether oxygens (including phenoxy) is 1. The molecule has 3 aliphatic rings. The largest absolute Gasteiger partial charge is 0.461 e. The maximum atomic E-state index is 13.7. The summed E-state index contributed by atoms with van der Waals surface area (Å²) in [6.45, 7) is 3.06. The third-order valence-electron chi connectivity index (χ3n) is 8.99. The van der Waals surface area contributed by atoms with Crippen molar-refractivity contribution < 1.29 is 19.0 Å². The van der Waals surface area contributed by atoms with Crippen molar-refractivity contribution in [3.63, 3.8) is 0 Å². The number of carbonyl (C=O) groups excluding carboxylic acids is 1. The molecule has 1 N–H and O–H groups in total. The molecular formula is C31H37N2O3+. The molecule has 6 rings (SSSR count). The zero-order valence-corrected chi connectivity index (χ0v) is 21.0. The van der Waals surface area contributed by atoms with Crippen LogP contribution in [0.25, 0.3) is 11.3 Å². The molecule has 0 radical (unpaired) electrons. The number of nitrogens with zero attached hydrogens (tertiary/aromatic N) is 1. The Labute approximate surface area is 213 Å². The molecule has 1 saturated heterocycles. The van der Waals surface area contributed by atoms with Gasteiger partial charge in [-0.15, -0.1) is 0 Å². The first-order valence-corrected chi connectivity index (χ1v) is 13.8. The van der Waals surface area contributed by atoms with Gasteiger partial charge in [0.2, 0.25) is 0 Å². The highest BCUT2D eigenvalue weighted by atomic mass is 16.5. The Hall–Kier alpha value is -2.92. The molecule has 3 fully saturated rings. The summed E-state index contributed by atoms with van der Waals surface area (Å²) in [5.41, 5.74) is 2.68. The molecular weight excluding hydrogens is 448 g/mol. The van der Waals surface area contributed by atoms with Crippen molar-refractivity contribution in [2.45, 2.75) is 69.4 Å². The number of fused-ring (bicyclic) bond motifs is 1. The Morgan fingerprint density at radius 1 is 1.00 bits per heavy atom. The van der Waals surface area contributed by atoms with Crippen LogP contribution in [0.2, 0.25) is 0 Å². The molecule has 2 heterocycles. The second kappa shape index (κ2) is 10.2. The lowest BCUT2D eigenvalue weighted by Gasteiger charge is -2.49. The van der Waals surface area contributed by atoms with Gasteiger partial charge in [0.25, 0.3) is 0 Å². The summed E-state index contributed by atoms with van der Waals surface area (Å²) in [5, 5.41) is 4.28. The number of rotatable bonds is 6. The standard InChI is InChI=1S/C31H36N2O3/c34-30(31(16-9-1-2-10-17-31)25-13-7-4-8-14-25)35-29-19-24-21-33(18-15-27(24)29)22-26-20-28(32-36-26)23-11-5-3-6-12-23/h3-8,11-14,20,24,27,29H,1-2,9-10,15-19,21-22H2/p+1/t24?,27?,29-/m0/s1. The first-order valence-electron chi connectivity index (χ1n) is 13.8. The number of esters is 1. The zero-order chi connectivity index (χ0) is 24.4. The molecule has 3 unspecified atom stereocenters. The maximum Gasteiger partial charge on any atom is 0.316 e. The van der Waals surface area contributed by atoms with E-state index in [1.165, 1.54) is 12.8 Å². The predicted octanol–water partition coefficient (Wildman–Crippen LogP) is 4.97. The minimum Gasteiger partial charge on any atom is -0.461 e. The van der Waals surface area contributed by atoms with Crippen LogP contribution in [0.5, 0.6) is 0 Å². The van der Waals surface area contributed by atoms with Gasteiger partial charge in [0.05, 0.1) is 18.5 Å². The minimum absolute atomic E-state index is 0.0314. The van der Waals surface area contributed by atoms with Gasteiger partial charge in [0.15, 0.2) is 5.76 Å². The van der Waals surface area contributed by atoms with Crippen molar-refractivity contribution in [3.05, 3.63) is 78.1 Å². The van der Waals surface area contributed by atoms with Crippen LogP contribution in [0.3, 0.4) is 0 Å². The lowest BCUT2D eigenvalue weighted by atomic mass is 9.66. The number of likely N-dealkylation sites (tertiary alicyclic amines) is 1. The van der Waals surface area contributed by atoms with Crippen molar-refractivity contribution in [2.24, 2.45) is 11.8 Å². The lowest BCUT2D eigenvalue weighted by Crippen LogP contribution is -3.13. The van der Waals surface area contributed by atoms with Crippen LogP contribution in [0.4, 0.5) is 0 Å². The number of quaternary nitrogens is 1.